The summed E-state index contributed by atoms with van der Waals surface area (Å²) in [5.74, 6) is 0.752. The summed E-state index contributed by atoms with van der Waals surface area (Å²) in [6, 6.07) is 12.6. The van der Waals surface area contributed by atoms with Crippen LogP contribution in [0.25, 0.3) is 0 Å². The molecule has 0 saturated carbocycles. The molecule has 144 valence electrons. The summed E-state index contributed by atoms with van der Waals surface area (Å²) in [6.07, 6.45) is 3.57. The highest BCUT2D eigenvalue weighted by atomic mass is 16.1. The largest absolute Gasteiger partial charge is 0.368 e. The summed E-state index contributed by atoms with van der Waals surface area (Å²) < 4.78 is 0. The first-order valence-electron chi connectivity index (χ1n) is 9.94. The molecule has 1 fully saturated rings. The molecular weight excluding hydrogens is 336 g/mol. The first-order chi connectivity index (χ1) is 13.1. The highest BCUT2D eigenvalue weighted by Crippen LogP contribution is 2.22. The molecule has 1 N–H and O–H groups in total. The van der Waals surface area contributed by atoms with Gasteiger partial charge in [0.2, 0.25) is 5.91 Å². The number of rotatable bonds is 6. The van der Waals surface area contributed by atoms with Crippen molar-refractivity contribution in [3.05, 3.63) is 48.2 Å². The first kappa shape index (κ1) is 19.2. The lowest BCUT2D eigenvalue weighted by Crippen LogP contribution is -2.46. The molecule has 1 aliphatic heterocycles. The van der Waals surface area contributed by atoms with Crippen molar-refractivity contribution in [2.75, 3.05) is 41.3 Å². The van der Waals surface area contributed by atoms with Crippen LogP contribution < -0.4 is 15.1 Å². The van der Waals surface area contributed by atoms with Gasteiger partial charge >= 0.3 is 0 Å². The predicted molar refractivity (Wildman–Crippen MR) is 113 cm³/mol. The Bertz CT molecular complexity index is 747. The lowest BCUT2D eigenvalue weighted by molar-refractivity contribution is -0.120. The van der Waals surface area contributed by atoms with Crippen LogP contribution in [0.4, 0.5) is 17.2 Å². The topological polar surface area (TPSA) is 48.5 Å². The summed E-state index contributed by atoms with van der Waals surface area (Å²) in [6.45, 7) is 10.1. The molecule has 1 aromatic heterocycles. The summed E-state index contributed by atoms with van der Waals surface area (Å²) in [4.78, 5) is 21.4. The smallest absolute Gasteiger partial charge is 0.228 e. The van der Waals surface area contributed by atoms with Crippen LogP contribution in [0.15, 0.2) is 42.6 Å². The Morgan fingerprint density at radius 3 is 2.26 bits per heavy atom. The Morgan fingerprint density at radius 1 is 1.04 bits per heavy atom. The summed E-state index contributed by atoms with van der Waals surface area (Å²) in [5.41, 5.74) is 3.71. The molecule has 5 heteroatoms. The maximum Gasteiger partial charge on any atom is 0.228 e. The van der Waals surface area contributed by atoms with Crippen LogP contribution in [-0.2, 0) is 4.79 Å². The van der Waals surface area contributed by atoms with E-state index in [2.05, 4.69) is 57.4 Å². The molecule has 2 heterocycles. The summed E-state index contributed by atoms with van der Waals surface area (Å²) in [5, 5.41) is 2.93. The van der Waals surface area contributed by atoms with Gasteiger partial charge in [-0.3, -0.25) is 4.79 Å². The van der Waals surface area contributed by atoms with Crippen molar-refractivity contribution in [2.24, 2.45) is 5.92 Å². The molecule has 0 spiro atoms. The van der Waals surface area contributed by atoms with Gasteiger partial charge < -0.3 is 15.1 Å². The van der Waals surface area contributed by atoms with Crippen molar-refractivity contribution in [2.45, 2.75) is 33.6 Å². The molecule has 0 unspecified atom stereocenters. The van der Waals surface area contributed by atoms with Crippen molar-refractivity contribution < 1.29 is 4.79 Å². The van der Waals surface area contributed by atoms with Gasteiger partial charge in [0.05, 0.1) is 11.9 Å². The Balaban J connectivity index is 1.56. The van der Waals surface area contributed by atoms with E-state index in [9.17, 15) is 4.79 Å². The van der Waals surface area contributed by atoms with E-state index in [0.29, 0.717) is 5.82 Å². The van der Waals surface area contributed by atoms with E-state index in [0.717, 1.165) is 44.7 Å². The molecule has 1 aromatic carbocycles. The molecule has 0 aliphatic carbocycles. The van der Waals surface area contributed by atoms with E-state index >= 15 is 0 Å². The fourth-order valence-corrected chi connectivity index (χ4v) is 3.58. The number of nitrogens with zero attached hydrogens (tertiary/aromatic N) is 3. The molecule has 1 aliphatic rings. The first-order valence-corrected chi connectivity index (χ1v) is 9.94. The molecule has 1 saturated heterocycles. The van der Waals surface area contributed by atoms with E-state index in [1.54, 1.807) is 0 Å². The SMILES string of the molecule is CCC(CC)C(=O)Nc1ccc(N2CCN(c3cccc(C)c3)CC2)cn1. The Labute approximate surface area is 162 Å². The van der Waals surface area contributed by atoms with Crippen LogP contribution in [0.2, 0.25) is 0 Å². The number of hydrogen-bond donors (Lipinski definition) is 1. The van der Waals surface area contributed by atoms with Gasteiger partial charge in [0.25, 0.3) is 0 Å². The van der Waals surface area contributed by atoms with Crippen LogP contribution in [0.1, 0.15) is 32.3 Å². The molecule has 1 amide bonds. The number of carbonyl (C=O) groups excluding carboxylic acids is 1. The quantitative estimate of drug-likeness (QED) is 0.836. The van der Waals surface area contributed by atoms with E-state index in [1.807, 2.05) is 26.1 Å². The van der Waals surface area contributed by atoms with Crippen LogP contribution in [0.5, 0.6) is 0 Å². The van der Waals surface area contributed by atoms with Gasteiger partial charge in [-0.25, -0.2) is 4.98 Å². The number of hydrogen-bond acceptors (Lipinski definition) is 4. The summed E-state index contributed by atoms with van der Waals surface area (Å²) >= 11 is 0. The maximum atomic E-state index is 12.2. The Hall–Kier alpha value is -2.56. The molecule has 0 bridgehead atoms. The molecule has 5 nitrogen and oxygen atoms in total. The minimum absolute atomic E-state index is 0.0566. The monoisotopic (exact) mass is 366 g/mol. The number of benzene rings is 1. The second kappa shape index (κ2) is 8.89. The number of aromatic nitrogens is 1. The fraction of sp³-hybridized carbons (Fsp3) is 0.455. The van der Waals surface area contributed by atoms with Crippen molar-refractivity contribution in [1.82, 2.24) is 4.98 Å². The zero-order chi connectivity index (χ0) is 19.2. The van der Waals surface area contributed by atoms with Crippen molar-refractivity contribution in [3.8, 4) is 0 Å². The highest BCUT2D eigenvalue weighted by Gasteiger charge is 2.18. The second-order valence-electron chi connectivity index (χ2n) is 7.22. The molecule has 0 atom stereocenters. The molecule has 2 aromatic rings. The molecule has 27 heavy (non-hydrogen) atoms. The van der Waals surface area contributed by atoms with Crippen molar-refractivity contribution >= 4 is 23.1 Å². The zero-order valence-corrected chi connectivity index (χ0v) is 16.6. The third kappa shape index (κ3) is 4.79. The minimum atomic E-state index is 0.0566. The van der Waals surface area contributed by atoms with E-state index in [1.165, 1.54) is 11.3 Å². The number of pyridine rings is 1. The second-order valence-corrected chi connectivity index (χ2v) is 7.22. The number of amides is 1. The van der Waals surface area contributed by atoms with Crippen LogP contribution in [-0.4, -0.2) is 37.1 Å². The van der Waals surface area contributed by atoms with Crippen LogP contribution >= 0.6 is 0 Å². The zero-order valence-electron chi connectivity index (χ0n) is 16.6. The summed E-state index contributed by atoms with van der Waals surface area (Å²) in [7, 11) is 0. The van der Waals surface area contributed by atoms with Gasteiger partial charge in [0.1, 0.15) is 5.82 Å². The number of piperazine rings is 1. The number of carbonyl (C=O) groups is 1. The van der Waals surface area contributed by atoms with Gasteiger partial charge in [-0.15, -0.1) is 0 Å². The van der Waals surface area contributed by atoms with Crippen molar-refractivity contribution in [1.29, 1.82) is 0 Å². The van der Waals surface area contributed by atoms with Crippen LogP contribution in [0.3, 0.4) is 0 Å². The molecule has 3 rings (SSSR count). The third-order valence-corrected chi connectivity index (χ3v) is 5.37. The Kier molecular flexibility index (Phi) is 6.32. The Morgan fingerprint density at radius 2 is 1.70 bits per heavy atom. The number of aryl methyl sites for hydroxylation is 1. The lowest BCUT2D eigenvalue weighted by atomic mass is 10.0. The van der Waals surface area contributed by atoms with Gasteiger partial charge in [0.15, 0.2) is 0 Å². The average molecular weight is 367 g/mol. The average Bonchev–Trinajstić information content (AvgIpc) is 2.70. The maximum absolute atomic E-state index is 12.2. The molecular formula is C22H30N4O. The fourth-order valence-electron chi connectivity index (χ4n) is 3.58. The predicted octanol–water partition coefficient (Wildman–Crippen LogP) is 4.09. The van der Waals surface area contributed by atoms with Gasteiger partial charge in [-0.1, -0.05) is 26.0 Å². The molecule has 0 radical (unpaired) electrons. The van der Waals surface area contributed by atoms with Crippen LogP contribution in [0, 0.1) is 12.8 Å². The van der Waals surface area contributed by atoms with Gasteiger partial charge in [-0.05, 0) is 49.6 Å². The number of nitrogens with one attached hydrogen (secondary N) is 1. The van der Waals surface area contributed by atoms with E-state index in [-0.39, 0.29) is 11.8 Å². The third-order valence-electron chi connectivity index (χ3n) is 5.37. The van der Waals surface area contributed by atoms with E-state index in [4.69, 9.17) is 0 Å². The lowest BCUT2D eigenvalue weighted by Gasteiger charge is -2.37. The van der Waals surface area contributed by atoms with Gasteiger partial charge in [0, 0.05) is 37.8 Å². The normalized spacial score (nSPS) is 14.5. The number of anilines is 3. The van der Waals surface area contributed by atoms with Crippen molar-refractivity contribution in [3.63, 3.8) is 0 Å². The van der Waals surface area contributed by atoms with E-state index < -0.39 is 0 Å². The minimum Gasteiger partial charge on any atom is -0.368 e. The standard InChI is InChI=1S/C22H30N4O/c1-4-18(5-2)22(27)24-21-10-9-20(16-23-21)26-13-11-25(12-14-26)19-8-6-7-17(3)15-19/h6-10,15-16,18H,4-5,11-14H2,1-3H3,(H,23,24,27). The van der Waals surface area contributed by atoms with Gasteiger partial charge in [-0.2, -0.15) is 0 Å². The highest BCUT2D eigenvalue weighted by molar-refractivity contribution is 5.91.